The summed E-state index contributed by atoms with van der Waals surface area (Å²) in [6, 6.07) is 35.8. The average Bonchev–Trinajstić information content (AvgIpc) is 3.48. The summed E-state index contributed by atoms with van der Waals surface area (Å²) in [4.78, 5) is 20.2. The molecule has 5 heteroatoms. The van der Waals surface area contributed by atoms with Crippen molar-refractivity contribution < 1.29 is 0 Å². The quantitative estimate of drug-likeness (QED) is 0.212. The summed E-state index contributed by atoms with van der Waals surface area (Å²) in [6.07, 6.45) is 2.05. The van der Waals surface area contributed by atoms with Crippen molar-refractivity contribution in [3.8, 4) is 40.0 Å². The summed E-state index contributed by atoms with van der Waals surface area (Å²) in [7, 11) is 0. The van der Waals surface area contributed by atoms with Crippen LogP contribution in [0.3, 0.4) is 0 Å². The minimum atomic E-state index is -0.210. The summed E-state index contributed by atoms with van der Waals surface area (Å²) in [6.45, 7) is 11.4. The highest BCUT2D eigenvalue weighted by Crippen LogP contribution is 2.51. The predicted octanol–water partition coefficient (Wildman–Crippen LogP) is 9.30. The van der Waals surface area contributed by atoms with Gasteiger partial charge in [0.05, 0.1) is 16.7 Å². The van der Waals surface area contributed by atoms with Gasteiger partial charge in [-0.25, -0.2) is 4.98 Å². The molecule has 0 aliphatic heterocycles. The average molecular weight is 572 g/mol. The van der Waals surface area contributed by atoms with E-state index in [1.807, 2.05) is 60.7 Å². The highest BCUT2D eigenvalue weighted by molar-refractivity contribution is 6.11. The summed E-state index contributed by atoms with van der Waals surface area (Å²) in [5, 5.41) is 2.32. The van der Waals surface area contributed by atoms with Crippen LogP contribution in [0.1, 0.15) is 51.3 Å². The molecule has 0 N–H and O–H groups in total. The molecule has 0 radical (unpaired) electrons. The van der Waals surface area contributed by atoms with Gasteiger partial charge in [-0.3, -0.25) is 9.55 Å². The van der Waals surface area contributed by atoms with Crippen LogP contribution >= 0.6 is 0 Å². The number of nitrogens with zero attached hydrogens (tertiary/aromatic N) is 5. The van der Waals surface area contributed by atoms with Gasteiger partial charge in [0.15, 0.2) is 11.6 Å². The number of pyridine rings is 1. The molecule has 1 aliphatic carbocycles. The third kappa shape index (κ3) is 3.99. The summed E-state index contributed by atoms with van der Waals surface area (Å²) < 4.78 is 2.21. The van der Waals surface area contributed by atoms with Gasteiger partial charge in [0.2, 0.25) is 5.95 Å². The Labute approximate surface area is 257 Å². The highest BCUT2D eigenvalue weighted by Gasteiger charge is 2.38. The molecule has 0 saturated heterocycles. The van der Waals surface area contributed by atoms with Gasteiger partial charge in [0, 0.05) is 39.1 Å². The van der Waals surface area contributed by atoms with Crippen LogP contribution in [0.2, 0.25) is 0 Å². The lowest BCUT2D eigenvalue weighted by molar-refractivity contribution is 0.581. The van der Waals surface area contributed by atoms with Crippen molar-refractivity contribution >= 4 is 21.8 Å². The Kier molecular flexibility index (Phi) is 5.67. The zero-order chi connectivity index (χ0) is 30.2. The lowest BCUT2D eigenvalue weighted by atomic mass is 9.80. The molecule has 3 heterocycles. The van der Waals surface area contributed by atoms with E-state index in [2.05, 4.69) is 87.8 Å². The van der Waals surface area contributed by atoms with E-state index >= 15 is 0 Å². The maximum atomic E-state index is 5.11. The number of fused-ring (bicyclic) bond motifs is 6. The Morgan fingerprint density at radius 1 is 0.614 bits per heavy atom. The van der Waals surface area contributed by atoms with Crippen LogP contribution in [0.25, 0.3) is 61.8 Å². The van der Waals surface area contributed by atoms with E-state index < -0.39 is 0 Å². The summed E-state index contributed by atoms with van der Waals surface area (Å²) >= 11 is 0. The number of para-hydroxylation sites is 1. The van der Waals surface area contributed by atoms with E-state index in [-0.39, 0.29) is 10.8 Å². The molecule has 0 amide bonds. The SMILES string of the molecule is CC(C)(C)c1cnc2c(c1)C(C)(C)c1cc3c(cc1-2)c1ccccc1n3-c1nc(-c2ccccc2)nc(-c2ccccc2)n1. The Hall–Kier alpha value is -5.16. The van der Waals surface area contributed by atoms with Gasteiger partial charge in [-0.1, -0.05) is 120 Å². The van der Waals surface area contributed by atoms with Gasteiger partial charge < -0.3 is 0 Å². The van der Waals surface area contributed by atoms with E-state index in [1.165, 1.54) is 22.3 Å². The number of rotatable bonds is 3. The van der Waals surface area contributed by atoms with Crippen LogP contribution in [0.15, 0.2) is 109 Å². The minimum absolute atomic E-state index is 0.0238. The molecule has 8 rings (SSSR count). The molecule has 7 aromatic rings. The normalized spacial score (nSPS) is 13.8. The second-order valence-electron chi connectivity index (χ2n) is 13.3. The molecule has 0 saturated carbocycles. The van der Waals surface area contributed by atoms with Crippen molar-refractivity contribution in [3.05, 3.63) is 126 Å². The largest absolute Gasteiger partial charge is 0.278 e. The molecule has 0 bridgehead atoms. The fraction of sp³-hybridized carbons (Fsp3) is 0.179. The van der Waals surface area contributed by atoms with Gasteiger partial charge in [0.25, 0.3) is 0 Å². The van der Waals surface area contributed by atoms with Crippen molar-refractivity contribution in [2.24, 2.45) is 0 Å². The standard InChI is InChI=1S/C39H33N5/c1-38(2,3)26-20-31-34(40-23-26)29-21-28-27-18-12-13-19-32(27)44(33(28)22-30(29)39(31,4)5)37-42-35(24-14-8-6-9-15-24)41-36(43-37)25-16-10-7-11-17-25/h6-23H,1-5H3. The molecule has 0 unspecified atom stereocenters. The monoisotopic (exact) mass is 571 g/mol. The minimum Gasteiger partial charge on any atom is -0.278 e. The molecule has 214 valence electrons. The molecule has 3 aromatic heterocycles. The van der Waals surface area contributed by atoms with Gasteiger partial charge in [-0.05, 0) is 40.3 Å². The van der Waals surface area contributed by atoms with E-state index in [0.717, 1.165) is 38.6 Å². The molecular formula is C39H33N5. The van der Waals surface area contributed by atoms with E-state index in [9.17, 15) is 0 Å². The van der Waals surface area contributed by atoms with Crippen molar-refractivity contribution in [1.82, 2.24) is 24.5 Å². The van der Waals surface area contributed by atoms with Crippen molar-refractivity contribution in [1.29, 1.82) is 0 Å². The molecule has 4 aromatic carbocycles. The lowest BCUT2D eigenvalue weighted by Gasteiger charge is -2.24. The number of aromatic nitrogens is 5. The Morgan fingerprint density at radius 3 is 1.86 bits per heavy atom. The smallest absolute Gasteiger partial charge is 0.238 e. The maximum Gasteiger partial charge on any atom is 0.238 e. The van der Waals surface area contributed by atoms with Crippen LogP contribution < -0.4 is 0 Å². The molecule has 1 aliphatic rings. The first-order valence-corrected chi connectivity index (χ1v) is 15.2. The first-order valence-electron chi connectivity index (χ1n) is 15.2. The zero-order valence-corrected chi connectivity index (χ0v) is 25.6. The van der Waals surface area contributed by atoms with Crippen LogP contribution in [-0.4, -0.2) is 24.5 Å². The van der Waals surface area contributed by atoms with Crippen molar-refractivity contribution in [3.63, 3.8) is 0 Å². The summed E-state index contributed by atoms with van der Waals surface area (Å²) in [5.74, 6) is 1.90. The fourth-order valence-corrected chi connectivity index (χ4v) is 6.55. The van der Waals surface area contributed by atoms with Crippen LogP contribution in [0.4, 0.5) is 0 Å². The van der Waals surface area contributed by atoms with Gasteiger partial charge in [-0.15, -0.1) is 0 Å². The Balaban J connectivity index is 1.42. The molecule has 5 nitrogen and oxygen atoms in total. The van der Waals surface area contributed by atoms with E-state index in [0.29, 0.717) is 17.6 Å². The third-order valence-electron chi connectivity index (χ3n) is 9.05. The van der Waals surface area contributed by atoms with E-state index in [1.54, 1.807) is 0 Å². The van der Waals surface area contributed by atoms with Gasteiger partial charge in [0.1, 0.15) is 0 Å². The first kappa shape index (κ1) is 26.5. The topological polar surface area (TPSA) is 56.5 Å². The second kappa shape index (κ2) is 9.42. The second-order valence-corrected chi connectivity index (χ2v) is 13.3. The van der Waals surface area contributed by atoms with Crippen LogP contribution in [0, 0.1) is 0 Å². The predicted molar refractivity (Wildman–Crippen MR) is 179 cm³/mol. The van der Waals surface area contributed by atoms with Crippen molar-refractivity contribution in [2.75, 3.05) is 0 Å². The van der Waals surface area contributed by atoms with E-state index in [4.69, 9.17) is 19.9 Å². The van der Waals surface area contributed by atoms with Gasteiger partial charge >= 0.3 is 0 Å². The maximum absolute atomic E-state index is 5.11. The zero-order valence-electron chi connectivity index (χ0n) is 25.6. The Bertz CT molecular complexity index is 2160. The highest BCUT2D eigenvalue weighted by atomic mass is 15.2. The fourth-order valence-electron chi connectivity index (χ4n) is 6.55. The number of hydrogen-bond acceptors (Lipinski definition) is 4. The molecule has 0 fully saturated rings. The number of hydrogen-bond donors (Lipinski definition) is 0. The number of benzene rings is 4. The third-order valence-corrected chi connectivity index (χ3v) is 9.05. The van der Waals surface area contributed by atoms with Crippen LogP contribution in [-0.2, 0) is 10.8 Å². The molecule has 44 heavy (non-hydrogen) atoms. The molecule has 0 atom stereocenters. The lowest BCUT2D eigenvalue weighted by Crippen LogP contribution is -2.18. The first-order chi connectivity index (χ1) is 21.2. The Morgan fingerprint density at radius 2 is 1.23 bits per heavy atom. The molecule has 0 spiro atoms. The molecular weight excluding hydrogens is 538 g/mol. The summed E-state index contributed by atoms with van der Waals surface area (Å²) in [5.41, 5.74) is 9.93. The van der Waals surface area contributed by atoms with Gasteiger partial charge in [-0.2, -0.15) is 9.97 Å². The van der Waals surface area contributed by atoms with Crippen molar-refractivity contribution in [2.45, 2.75) is 45.4 Å². The van der Waals surface area contributed by atoms with Crippen LogP contribution in [0.5, 0.6) is 0 Å².